The van der Waals surface area contributed by atoms with Crippen molar-refractivity contribution in [2.45, 2.75) is 6.42 Å². The van der Waals surface area contributed by atoms with Crippen LogP contribution in [-0.4, -0.2) is 54.3 Å². The van der Waals surface area contributed by atoms with E-state index in [0.29, 0.717) is 24.2 Å². The molecule has 0 radical (unpaired) electrons. The van der Waals surface area contributed by atoms with Gasteiger partial charge in [-0.25, -0.2) is 4.99 Å². The molecule has 174 valence electrons. The number of hydrogen-bond donors (Lipinski definition) is 2. The lowest BCUT2D eigenvalue weighted by Crippen LogP contribution is -2.29. The first-order valence-electron chi connectivity index (χ1n) is 11.0. The minimum absolute atomic E-state index is 0.0600. The van der Waals surface area contributed by atoms with Crippen molar-refractivity contribution < 1.29 is 9.90 Å². The maximum Gasteiger partial charge on any atom is 0.228 e. The molecule has 3 aromatic carbocycles. The van der Waals surface area contributed by atoms with E-state index in [9.17, 15) is 9.90 Å². The van der Waals surface area contributed by atoms with E-state index in [4.69, 9.17) is 4.99 Å². The van der Waals surface area contributed by atoms with Crippen molar-refractivity contribution in [2.75, 3.05) is 32.6 Å². The van der Waals surface area contributed by atoms with Gasteiger partial charge < -0.3 is 19.9 Å². The highest BCUT2D eigenvalue weighted by molar-refractivity contribution is 9.10. The smallest absolute Gasteiger partial charge is 0.228 e. The number of aromatic nitrogens is 1. The SMILES string of the molecule is CN(C)CCC(=O)N(C)c1ccc(N=C(c2ccccc2)c2c(O)[nH]c3cc(Br)ccc23)cc1. The molecule has 0 fully saturated rings. The molecule has 2 N–H and O–H groups in total. The lowest BCUT2D eigenvalue weighted by molar-refractivity contribution is -0.118. The van der Waals surface area contributed by atoms with Gasteiger partial charge in [0.1, 0.15) is 0 Å². The van der Waals surface area contributed by atoms with E-state index < -0.39 is 0 Å². The van der Waals surface area contributed by atoms with Gasteiger partial charge in [0.2, 0.25) is 5.91 Å². The number of fused-ring (bicyclic) bond motifs is 1. The standard InChI is InChI=1S/C27H27BrN4O2/c1-31(2)16-15-24(33)32(3)21-12-10-20(11-13-21)29-26(18-7-5-4-6-8-18)25-22-14-9-19(28)17-23(22)30-27(25)34/h4-14,17,30,34H,15-16H2,1-3H3. The van der Waals surface area contributed by atoms with E-state index in [2.05, 4.69) is 20.9 Å². The minimum atomic E-state index is 0.0600. The Morgan fingerprint density at radius 1 is 1.00 bits per heavy atom. The van der Waals surface area contributed by atoms with Gasteiger partial charge in [0.25, 0.3) is 0 Å². The van der Waals surface area contributed by atoms with Crippen LogP contribution in [0.15, 0.2) is 82.3 Å². The van der Waals surface area contributed by atoms with Crippen LogP contribution in [-0.2, 0) is 4.79 Å². The Bertz CT molecular complexity index is 1330. The number of carbonyl (C=O) groups is 1. The number of hydrogen-bond acceptors (Lipinski definition) is 4. The quantitative estimate of drug-likeness (QED) is 0.307. The lowest BCUT2D eigenvalue weighted by atomic mass is 10.0. The van der Waals surface area contributed by atoms with Gasteiger partial charge >= 0.3 is 0 Å². The molecule has 1 aromatic heterocycles. The normalized spacial score (nSPS) is 11.9. The van der Waals surface area contributed by atoms with Crippen molar-refractivity contribution in [1.29, 1.82) is 0 Å². The Hall–Kier alpha value is -3.42. The second-order valence-corrected chi connectivity index (χ2v) is 9.30. The first kappa shape index (κ1) is 23.7. The van der Waals surface area contributed by atoms with Gasteiger partial charge in [-0.15, -0.1) is 0 Å². The molecule has 0 saturated heterocycles. The van der Waals surface area contributed by atoms with Crippen molar-refractivity contribution in [2.24, 2.45) is 4.99 Å². The first-order chi connectivity index (χ1) is 16.3. The predicted molar refractivity (Wildman–Crippen MR) is 142 cm³/mol. The Balaban J connectivity index is 1.72. The molecule has 0 aliphatic carbocycles. The molecule has 0 unspecified atom stereocenters. The molecule has 1 amide bonds. The van der Waals surface area contributed by atoms with E-state index in [1.54, 1.807) is 11.9 Å². The number of nitrogens with one attached hydrogen (secondary N) is 1. The van der Waals surface area contributed by atoms with Gasteiger partial charge in [-0.1, -0.05) is 52.3 Å². The number of rotatable bonds is 7. The van der Waals surface area contributed by atoms with Crippen molar-refractivity contribution in [1.82, 2.24) is 9.88 Å². The van der Waals surface area contributed by atoms with E-state index in [1.807, 2.05) is 91.8 Å². The molecule has 1 heterocycles. The van der Waals surface area contributed by atoms with Crippen molar-refractivity contribution in [3.8, 4) is 5.88 Å². The van der Waals surface area contributed by atoms with Crippen LogP contribution in [0.4, 0.5) is 11.4 Å². The molecule has 34 heavy (non-hydrogen) atoms. The number of anilines is 1. The number of amides is 1. The molecule has 4 aromatic rings. The number of halogens is 1. The molecule has 0 spiro atoms. The fourth-order valence-corrected chi connectivity index (χ4v) is 4.13. The molecule has 0 aliphatic heterocycles. The average Bonchev–Trinajstić information content (AvgIpc) is 3.15. The molecule has 0 atom stereocenters. The average molecular weight is 519 g/mol. The lowest BCUT2D eigenvalue weighted by Gasteiger charge is -2.19. The van der Waals surface area contributed by atoms with E-state index in [1.165, 1.54) is 0 Å². The van der Waals surface area contributed by atoms with Gasteiger partial charge in [-0.3, -0.25) is 4.79 Å². The minimum Gasteiger partial charge on any atom is -0.494 e. The maximum absolute atomic E-state index is 12.5. The van der Waals surface area contributed by atoms with Gasteiger partial charge in [0.05, 0.1) is 22.5 Å². The van der Waals surface area contributed by atoms with Crippen molar-refractivity contribution in [3.63, 3.8) is 0 Å². The zero-order chi connectivity index (χ0) is 24.2. The zero-order valence-electron chi connectivity index (χ0n) is 19.4. The van der Waals surface area contributed by atoms with Crippen LogP contribution in [0.25, 0.3) is 10.9 Å². The van der Waals surface area contributed by atoms with E-state index >= 15 is 0 Å². The molecule has 0 saturated carbocycles. The number of nitrogens with zero attached hydrogens (tertiary/aromatic N) is 3. The van der Waals surface area contributed by atoms with Gasteiger partial charge in [-0.2, -0.15) is 0 Å². The van der Waals surface area contributed by atoms with Crippen LogP contribution in [0.2, 0.25) is 0 Å². The third-order valence-corrected chi connectivity index (χ3v) is 6.14. The summed E-state index contributed by atoms with van der Waals surface area (Å²) < 4.78 is 0.922. The predicted octanol–water partition coefficient (Wildman–Crippen LogP) is 5.72. The monoisotopic (exact) mass is 518 g/mol. The summed E-state index contributed by atoms with van der Waals surface area (Å²) in [6.45, 7) is 0.705. The van der Waals surface area contributed by atoms with Gasteiger partial charge in [0, 0.05) is 41.1 Å². The summed E-state index contributed by atoms with van der Waals surface area (Å²) in [5.41, 5.74) is 4.55. The Kier molecular flexibility index (Phi) is 7.14. The van der Waals surface area contributed by atoms with Gasteiger partial charge in [0.15, 0.2) is 5.88 Å². The molecule has 0 bridgehead atoms. The summed E-state index contributed by atoms with van der Waals surface area (Å²) in [4.78, 5) is 24.1. The highest BCUT2D eigenvalue weighted by atomic mass is 79.9. The number of benzene rings is 3. The zero-order valence-corrected chi connectivity index (χ0v) is 21.0. The number of H-pyrrole nitrogens is 1. The number of carbonyl (C=O) groups excluding carboxylic acids is 1. The summed E-state index contributed by atoms with van der Waals surface area (Å²) in [7, 11) is 5.69. The van der Waals surface area contributed by atoms with Crippen LogP contribution in [0.5, 0.6) is 5.88 Å². The third-order valence-electron chi connectivity index (χ3n) is 5.65. The molecule has 7 heteroatoms. The highest BCUT2D eigenvalue weighted by Gasteiger charge is 2.19. The number of aliphatic imine (C=N–C) groups is 1. The van der Waals surface area contributed by atoms with Crippen LogP contribution in [0, 0.1) is 0 Å². The highest BCUT2D eigenvalue weighted by Crippen LogP contribution is 2.33. The van der Waals surface area contributed by atoms with E-state index in [-0.39, 0.29) is 11.8 Å². The van der Waals surface area contributed by atoms with Crippen LogP contribution in [0.1, 0.15) is 17.5 Å². The van der Waals surface area contributed by atoms with Crippen molar-refractivity contribution >= 4 is 49.8 Å². The fourth-order valence-electron chi connectivity index (χ4n) is 3.77. The molecule has 4 rings (SSSR count). The summed E-state index contributed by atoms with van der Waals surface area (Å²) in [5, 5.41) is 11.7. The number of aromatic hydroxyl groups is 1. The van der Waals surface area contributed by atoms with Crippen molar-refractivity contribution in [3.05, 3.63) is 88.4 Å². The molecule has 6 nitrogen and oxygen atoms in total. The first-order valence-corrected chi connectivity index (χ1v) is 11.8. The molecular weight excluding hydrogens is 492 g/mol. The van der Waals surface area contributed by atoms with E-state index in [0.717, 1.165) is 32.3 Å². The summed E-state index contributed by atoms with van der Waals surface area (Å²) >= 11 is 3.48. The van der Waals surface area contributed by atoms with Crippen LogP contribution >= 0.6 is 15.9 Å². The second kappa shape index (κ2) is 10.2. The topological polar surface area (TPSA) is 71.9 Å². The van der Waals surface area contributed by atoms with Crippen LogP contribution < -0.4 is 4.90 Å². The second-order valence-electron chi connectivity index (χ2n) is 8.39. The Labute approximate surface area is 207 Å². The Morgan fingerprint density at radius 3 is 2.38 bits per heavy atom. The third kappa shape index (κ3) is 5.21. The maximum atomic E-state index is 12.5. The summed E-state index contributed by atoms with van der Waals surface area (Å²) in [5.74, 6) is 0.128. The Morgan fingerprint density at radius 2 is 1.71 bits per heavy atom. The molecular formula is C27H27BrN4O2. The largest absolute Gasteiger partial charge is 0.494 e. The number of aromatic amines is 1. The van der Waals surface area contributed by atoms with Gasteiger partial charge in [-0.05, 0) is 50.5 Å². The molecule has 0 aliphatic rings. The fraction of sp³-hybridized carbons (Fsp3) is 0.185. The summed E-state index contributed by atoms with van der Waals surface area (Å²) in [6, 6.07) is 23.2. The summed E-state index contributed by atoms with van der Waals surface area (Å²) in [6.07, 6.45) is 0.456. The van der Waals surface area contributed by atoms with Crippen LogP contribution in [0.3, 0.4) is 0 Å².